The monoisotopic (exact) mass is 342 g/mol. The molecule has 1 atom stereocenters. The molecule has 1 aliphatic rings. The van der Waals surface area contributed by atoms with Crippen molar-refractivity contribution in [1.82, 2.24) is 0 Å². The molecule has 0 aliphatic carbocycles. The summed E-state index contributed by atoms with van der Waals surface area (Å²) in [6.07, 6.45) is -0.448. The maximum absolute atomic E-state index is 13.5. The highest BCUT2D eigenvalue weighted by Crippen LogP contribution is 2.29. The van der Waals surface area contributed by atoms with Crippen molar-refractivity contribution >= 4 is 11.5 Å². The molecule has 4 nitrogen and oxygen atoms in total. The largest absolute Gasteiger partial charge is 0.370 e. The van der Waals surface area contributed by atoms with Crippen LogP contribution < -0.4 is 4.90 Å². The fourth-order valence-electron chi connectivity index (χ4n) is 2.89. The molecule has 0 bridgehead atoms. The summed E-state index contributed by atoms with van der Waals surface area (Å²) in [4.78, 5) is 13.6. The number of nitrogens with zero attached hydrogens (tertiary/aromatic N) is 2. The quantitative estimate of drug-likeness (QED) is 0.800. The molecule has 1 unspecified atom stereocenters. The summed E-state index contributed by atoms with van der Waals surface area (Å²) < 4.78 is 32.3. The summed E-state index contributed by atoms with van der Waals surface area (Å²) in [5.74, 6) is -1.91. The number of hydrogen-bond donors (Lipinski definition) is 0. The molecule has 1 heterocycles. The smallest absolute Gasteiger partial charge is 0.159 e. The number of hydrogen-bond acceptors (Lipinski definition) is 4. The van der Waals surface area contributed by atoms with Crippen molar-refractivity contribution in [3.63, 3.8) is 0 Å². The Balaban J connectivity index is 1.91. The SMILES string of the molecule is CC(=O)c1ccc(C#N)c(N2CCOC(c3ccc(F)c(F)c3)C2)c1. The first-order valence-electron chi connectivity index (χ1n) is 7.86. The molecule has 2 aromatic carbocycles. The van der Waals surface area contributed by atoms with Crippen molar-refractivity contribution in [1.29, 1.82) is 5.26 Å². The first-order chi connectivity index (χ1) is 12.0. The average molecular weight is 342 g/mol. The fourth-order valence-corrected chi connectivity index (χ4v) is 2.89. The van der Waals surface area contributed by atoms with Gasteiger partial charge in [0.25, 0.3) is 0 Å². The second-order valence-corrected chi connectivity index (χ2v) is 5.88. The number of Topliss-reactive ketones (excluding diaryl/α,β-unsaturated/α-hetero) is 1. The molecule has 25 heavy (non-hydrogen) atoms. The van der Waals surface area contributed by atoms with Crippen molar-refractivity contribution in [2.24, 2.45) is 0 Å². The van der Waals surface area contributed by atoms with Gasteiger partial charge in [-0.05, 0) is 42.8 Å². The Hall–Kier alpha value is -2.78. The van der Waals surface area contributed by atoms with E-state index in [1.165, 1.54) is 13.0 Å². The Bertz CT molecular complexity index is 861. The lowest BCUT2D eigenvalue weighted by molar-refractivity contribution is 0.0395. The number of carbonyl (C=O) groups is 1. The number of carbonyl (C=O) groups excluding carboxylic acids is 1. The minimum Gasteiger partial charge on any atom is -0.370 e. The molecule has 1 saturated heterocycles. The number of morpholine rings is 1. The van der Waals surface area contributed by atoms with Crippen LogP contribution in [0.3, 0.4) is 0 Å². The number of ether oxygens (including phenoxy) is 1. The average Bonchev–Trinajstić information content (AvgIpc) is 2.63. The highest BCUT2D eigenvalue weighted by molar-refractivity contribution is 5.95. The van der Waals surface area contributed by atoms with Crippen molar-refractivity contribution in [2.75, 3.05) is 24.6 Å². The van der Waals surface area contributed by atoms with E-state index in [-0.39, 0.29) is 5.78 Å². The molecule has 0 amide bonds. The first-order valence-corrected chi connectivity index (χ1v) is 7.86. The second-order valence-electron chi connectivity index (χ2n) is 5.88. The van der Waals surface area contributed by atoms with Gasteiger partial charge in [-0.3, -0.25) is 4.79 Å². The number of halogens is 2. The molecule has 1 fully saturated rings. The fraction of sp³-hybridized carbons (Fsp3) is 0.263. The lowest BCUT2D eigenvalue weighted by Crippen LogP contribution is -2.39. The van der Waals surface area contributed by atoms with Crippen LogP contribution in [-0.2, 0) is 4.74 Å². The lowest BCUT2D eigenvalue weighted by Gasteiger charge is -2.35. The van der Waals surface area contributed by atoms with E-state index in [9.17, 15) is 18.8 Å². The minimum absolute atomic E-state index is 0.0869. The van der Waals surface area contributed by atoms with Crippen LogP contribution in [0.15, 0.2) is 36.4 Å². The second kappa shape index (κ2) is 6.99. The van der Waals surface area contributed by atoms with Gasteiger partial charge >= 0.3 is 0 Å². The Morgan fingerprint density at radius 2 is 2.04 bits per heavy atom. The zero-order valence-electron chi connectivity index (χ0n) is 13.6. The molecule has 0 saturated carbocycles. The summed E-state index contributed by atoms with van der Waals surface area (Å²) in [7, 11) is 0. The van der Waals surface area contributed by atoms with Crippen molar-refractivity contribution < 1.29 is 18.3 Å². The van der Waals surface area contributed by atoms with E-state index in [4.69, 9.17) is 4.74 Å². The summed E-state index contributed by atoms with van der Waals surface area (Å²) in [5, 5.41) is 9.34. The number of rotatable bonds is 3. The van der Waals surface area contributed by atoms with Crippen LogP contribution in [0.4, 0.5) is 14.5 Å². The van der Waals surface area contributed by atoms with E-state index >= 15 is 0 Å². The number of benzene rings is 2. The van der Waals surface area contributed by atoms with E-state index in [1.807, 2.05) is 4.90 Å². The Kier molecular flexibility index (Phi) is 4.77. The van der Waals surface area contributed by atoms with E-state index in [2.05, 4.69) is 6.07 Å². The van der Waals surface area contributed by atoms with Gasteiger partial charge in [-0.1, -0.05) is 6.07 Å². The van der Waals surface area contributed by atoms with E-state index in [1.54, 1.807) is 18.2 Å². The van der Waals surface area contributed by atoms with E-state index in [0.717, 1.165) is 12.1 Å². The van der Waals surface area contributed by atoms with Crippen molar-refractivity contribution in [3.8, 4) is 6.07 Å². The minimum atomic E-state index is -0.922. The number of ketones is 1. The molecule has 1 aliphatic heterocycles. The van der Waals surface area contributed by atoms with E-state index < -0.39 is 17.7 Å². The molecule has 0 aromatic heterocycles. The first kappa shape index (κ1) is 17.1. The van der Waals surface area contributed by atoms with Crippen LogP contribution in [0.25, 0.3) is 0 Å². The van der Waals surface area contributed by atoms with Crippen LogP contribution >= 0.6 is 0 Å². The van der Waals surface area contributed by atoms with Gasteiger partial charge in [0.2, 0.25) is 0 Å². The predicted octanol–water partition coefficient (Wildman–Crippen LogP) is 3.62. The third kappa shape index (κ3) is 3.52. The van der Waals surface area contributed by atoms with Crippen LogP contribution in [0.2, 0.25) is 0 Å². The highest BCUT2D eigenvalue weighted by Gasteiger charge is 2.25. The highest BCUT2D eigenvalue weighted by atomic mass is 19.2. The molecular formula is C19H16F2N2O2. The standard InChI is InChI=1S/C19H16F2N2O2/c1-12(24)13-2-3-15(10-22)18(9-13)23-6-7-25-19(11-23)14-4-5-16(20)17(21)8-14/h2-5,8-9,19H,6-7,11H2,1H3. The molecular weight excluding hydrogens is 326 g/mol. The topological polar surface area (TPSA) is 53.3 Å². The Morgan fingerprint density at radius 3 is 2.72 bits per heavy atom. The molecule has 2 aromatic rings. The third-order valence-corrected chi connectivity index (χ3v) is 4.25. The zero-order valence-corrected chi connectivity index (χ0v) is 13.6. The summed E-state index contributed by atoms with van der Waals surface area (Å²) >= 11 is 0. The van der Waals surface area contributed by atoms with Crippen LogP contribution in [0.1, 0.15) is 34.5 Å². The normalized spacial score (nSPS) is 17.2. The van der Waals surface area contributed by atoms with Crippen LogP contribution in [0, 0.1) is 23.0 Å². The third-order valence-electron chi connectivity index (χ3n) is 4.25. The van der Waals surface area contributed by atoms with Gasteiger partial charge < -0.3 is 9.64 Å². The summed E-state index contributed by atoms with van der Waals surface area (Å²) in [5.41, 5.74) is 2.15. The molecule has 0 spiro atoms. The van der Waals surface area contributed by atoms with Gasteiger partial charge in [-0.2, -0.15) is 5.26 Å². The molecule has 6 heteroatoms. The molecule has 3 rings (SSSR count). The van der Waals surface area contributed by atoms with Gasteiger partial charge in [-0.15, -0.1) is 0 Å². The Morgan fingerprint density at radius 1 is 1.24 bits per heavy atom. The van der Waals surface area contributed by atoms with Gasteiger partial charge in [0.1, 0.15) is 12.2 Å². The zero-order chi connectivity index (χ0) is 18.0. The van der Waals surface area contributed by atoms with Gasteiger partial charge in [0.15, 0.2) is 17.4 Å². The lowest BCUT2D eigenvalue weighted by atomic mass is 10.0. The summed E-state index contributed by atoms with van der Waals surface area (Å²) in [6, 6.07) is 10.7. The van der Waals surface area contributed by atoms with Gasteiger partial charge in [-0.25, -0.2) is 8.78 Å². The maximum Gasteiger partial charge on any atom is 0.159 e. The molecule has 0 radical (unpaired) electrons. The van der Waals surface area contributed by atoms with Crippen LogP contribution in [0.5, 0.6) is 0 Å². The van der Waals surface area contributed by atoms with E-state index in [0.29, 0.717) is 42.1 Å². The van der Waals surface area contributed by atoms with Crippen molar-refractivity contribution in [3.05, 3.63) is 64.7 Å². The molecule has 0 N–H and O–H groups in total. The maximum atomic E-state index is 13.5. The van der Waals surface area contributed by atoms with Crippen molar-refractivity contribution in [2.45, 2.75) is 13.0 Å². The number of anilines is 1. The molecule has 128 valence electrons. The summed E-state index contributed by atoms with van der Waals surface area (Å²) in [6.45, 7) is 2.75. The van der Waals surface area contributed by atoms with Gasteiger partial charge in [0.05, 0.1) is 17.9 Å². The van der Waals surface area contributed by atoms with Gasteiger partial charge in [0, 0.05) is 18.7 Å². The predicted molar refractivity (Wildman–Crippen MR) is 88.4 cm³/mol. The Labute approximate surface area is 144 Å². The van der Waals surface area contributed by atoms with Crippen LogP contribution in [-0.4, -0.2) is 25.5 Å². The number of nitriles is 1.